The number of sulfone groups is 1. The number of halogens is 1. The number of nitrogens with two attached hydrogens (primary N) is 1. The predicted molar refractivity (Wildman–Crippen MR) is 69.8 cm³/mol. The Balaban J connectivity index is 0.00000225. The van der Waals surface area contributed by atoms with Crippen LogP contribution in [0.4, 0.5) is 0 Å². The van der Waals surface area contributed by atoms with Gasteiger partial charge >= 0.3 is 0 Å². The van der Waals surface area contributed by atoms with Gasteiger partial charge in [0, 0.05) is 18.6 Å². The number of hydrogen-bond acceptors (Lipinski definition) is 4. The highest BCUT2D eigenvalue weighted by atomic mass is 35.5. The van der Waals surface area contributed by atoms with Gasteiger partial charge in [-0.05, 0) is 26.3 Å². The van der Waals surface area contributed by atoms with Crippen molar-refractivity contribution in [1.29, 1.82) is 0 Å². The Labute approximate surface area is 105 Å². The van der Waals surface area contributed by atoms with Gasteiger partial charge in [0.2, 0.25) is 0 Å². The molecule has 2 N–H and O–H groups in total. The van der Waals surface area contributed by atoms with Crippen LogP contribution in [0.25, 0.3) is 0 Å². The molecule has 1 rings (SSSR count). The van der Waals surface area contributed by atoms with Crippen molar-refractivity contribution in [2.75, 3.05) is 24.6 Å². The fourth-order valence-corrected chi connectivity index (χ4v) is 3.91. The molecule has 1 heterocycles. The van der Waals surface area contributed by atoms with Gasteiger partial charge in [-0.2, -0.15) is 0 Å². The van der Waals surface area contributed by atoms with E-state index in [1.165, 1.54) is 0 Å². The van der Waals surface area contributed by atoms with Crippen molar-refractivity contribution in [1.82, 2.24) is 4.90 Å². The predicted octanol–water partition coefficient (Wildman–Crippen LogP) is 0.655. The smallest absolute Gasteiger partial charge is 0.151 e. The van der Waals surface area contributed by atoms with Crippen molar-refractivity contribution in [2.45, 2.75) is 38.8 Å². The molecule has 6 heteroatoms. The van der Waals surface area contributed by atoms with Crippen LogP contribution in [0.2, 0.25) is 0 Å². The van der Waals surface area contributed by atoms with E-state index in [0.29, 0.717) is 11.5 Å². The first kappa shape index (κ1) is 16.2. The van der Waals surface area contributed by atoms with E-state index in [1.807, 2.05) is 6.92 Å². The van der Waals surface area contributed by atoms with E-state index in [-0.39, 0.29) is 24.5 Å². The van der Waals surface area contributed by atoms with Gasteiger partial charge < -0.3 is 5.73 Å². The van der Waals surface area contributed by atoms with Gasteiger partial charge in [-0.25, -0.2) is 8.42 Å². The monoisotopic (exact) mass is 270 g/mol. The summed E-state index contributed by atoms with van der Waals surface area (Å²) in [6, 6.07) is 0.306. The van der Waals surface area contributed by atoms with Gasteiger partial charge in [0.1, 0.15) is 0 Å². The Kier molecular flexibility index (Phi) is 6.86. The summed E-state index contributed by atoms with van der Waals surface area (Å²) in [5.41, 5.74) is 5.77. The third-order valence-corrected chi connectivity index (χ3v) is 4.51. The fourth-order valence-electron chi connectivity index (χ4n) is 2.14. The lowest BCUT2D eigenvalue weighted by Gasteiger charge is -2.29. The van der Waals surface area contributed by atoms with Gasteiger partial charge in [-0.3, -0.25) is 4.90 Å². The lowest BCUT2D eigenvalue weighted by Crippen LogP contribution is -2.43. The largest absolute Gasteiger partial charge is 0.327 e. The van der Waals surface area contributed by atoms with E-state index in [2.05, 4.69) is 11.8 Å². The van der Waals surface area contributed by atoms with E-state index in [9.17, 15) is 8.42 Å². The first-order valence-electron chi connectivity index (χ1n) is 5.64. The molecular formula is C10H23ClN2O2S. The van der Waals surface area contributed by atoms with E-state index in [1.54, 1.807) is 0 Å². The van der Waals surface area contributed by atoms with Gasteiger partial charge in [-0.1, -0.05) is 6.92 Å². The summed E-state index contributed by atoms with van der Waals surface area (Å²) in [5.74, 6) is 0.663. The van der Waals surface area contributed by atoms with Crippen molar-refractivity contribution in [3.05, 3.63) is 0 Å². The summed E-state index contributed by atoms with van der Waals surface area (Å²) in [6.45, 7) is 5.82. The van der Waals surface area contributed by atoms with Crippen LogP contribution in [0.1, 0.15) is 26.7 Å². The molecule has 0 aliphatic carbocycles. The number of hydrogen-bond donors (Lipinski definition) is 1. The number of rotatable bonds is 5. The van der Waals surface area contributed by atoms with E-state index in [0.717, 1.165) is 25.9 Å². The second-order valence-corrected chi connectivity index (χ2v) is 6.76. The summed E-state index contributed by atoms with van der Waals surface area (Å²) in [4.78, 5) is 2.23. The minimum absolute atomic E-state index is 0. The van der Waals surface area contributed by atoms with Crippen molar-refractivity contribution >= 4 is 22.2 Å². The van der Waals surface area contributed by atoms with Crippen LogP contribution in [-0.2, 0) is 9.84 Å². The molecule has 1 fully saturated rings. The van der Waals surface area contributed by atoms with Gasteiger partial charge in [0.15, 0.2) is 9.84 Å². The Bertz CT molecular complexity index is 293. The molecule has 16 heavy (non-hydrogen) atoms. The third kappa shape index (κ3) is 4.99. The molecule has 0 aromatic carbocycles. The van der Waals surface area contributed by atoms with E-state index < -0.39 is 9.84 Å². The Morgan fingerprint density at radius 2 is 2.12 bits per heavy atom. The molecular weight excluding hydrogens is 248 g/mol. The topological polar surface area (TPSA) is 63.4 Å². The SMILES string of the molecule is CCCN(CC(C)N)C1CCS(=O)(=O)C1.Cl. The quantitative estimate of drug-likeness (QED) is 0.797. The molecule has 1 aliphatic heterocycles. The van der Waals surface area contributed by atoms with Gasteiger partial charge in [0.25, 0.3) is 0 Å². The molecule has 2 atom stereocenters. The highest BCUT2D eigenvalue weighted by Crippen LogP contribution is 2.18. The average Bonchev–Trinajstić information content (AvgIpc) is 2.44. The molecule has 0 spiro atoms. The number of nitrogens with zero attached hydrogens (tertiary/aromatic N) is 1. The maximum absolute atomic E-state index is 11.4. The lowest BCUT2D eigenvalue weighted by atomic mass is 10.2. The van der Waals surface area contributed by atoms with Crippen molar-refractivity contribution < 1.29 is 8.42 Å². The molecule has 1 aliphatic rings. The second-order valence-electron chi connectivity index (χ2n) is 4.53. The molecule has 4 nitrogen and oxygen atoms in total. The average molecular weight is 271 g/mol. The van der Waals surface area contributed by atoms with Crippen LogP contribution in [-0.4, -0.2) is 50.0 Å². The lowest BCUT2D eigenvalue weighted by molar-refractivity contribution is 0.203. The highest BCUT2D eigenvalue weighted by molar-refractivity contribution is 7.91. The molecule has 0 bridgehead atoms. The van der Waals surface area contributed by atoms with Gasteiger partial charge in [-0.15, -0.1) is 12.4 Å². The summed E-state index contributed by atoms with van der Waals surface area (Å²) in [5, 5.41) is 0. The van der Waals surface area contributed by atoms with Crippen LogP contribution in [0.5, 0.6) is 0 Å². The zero-order valence-electron chi connectivity index (χ0n) is 10.1. The first-order valence-corrected chi connectivity index (χ1v) is 7.47. The Morgan fingerprint density at radius 3 is 2.50 bits per heavy atom. The highest BCUT2D eigenvalue weighted by Gasteiger charge is 2.31. The van der Waals surface area contributed by atoms with Crippen LogP contribution in [0.15, 0.2) is 0 Å². The summed E-state index contributed by atoms with van der Waals surface area (Å²) in [7, 11) is -2.78. The maximum Gasteiger partial charge on any atom is 0.151 e. The van der Waals surface area contributed by atoms with Crippen LogP contribution < -0.4 is 5.73 Å². The van der Waals surface area contributed by atoms with Crippen LogP contribution in [0.3, 0.4) is 0 Å². The minimum Gasteiger partial charge on any atom is -0.327 e. The molecule has 0 aromatic rings. The van der Waals surface area contributed by atoms with Crippen molar-refractivity contribution in [3.63, 3.8) is 0 Å². The molecule has 0 aromatic heterocycles. The Hall–Kier alpha value is 0.160. The molecule has 2 unspecified atom stereocenters. The molecule has 0 saturated carbocycles. The zero-order valence-corrected chi connectivity index (χ0v) is 11.7. The van der Waals surface area contributed by atoms with Crippen molar-refractivity contribution in [3.8, 4) is 0 Å². The van der Waals surface area contributed by atoms with Crippen LogP contribution >= 0.6 is 12.4 Å². The normalized spacial score (nSPS) is 25.4. The summed E-state index contributed by atoms with van der Waals surface area (Å²) < 4.78 is 22.8. The van der Waals surface area contributed by atoms with E-state index >= 15 is 0 Å². The molecule has 0 amide bonds. The van der Waals surface area contributed by atoms with Crippen LogP contribution in [0, 0.1) is 0 Å². The zero-order chi connectivity index (χ0) is 11.5. The summed E-state index contributed by atoms with van der Waals surface area (Å²) >= 11 is 0. The maximum atomic E-state index is 11.4. The van der Waals surface area contributed by atoms with Crippen molar-refractivity contribution in [2.24, 2.45) is 5.73 Å². The van der Waals surface area contributed by atoms with Gasteiger partial charge in [0.05, 0.1) is 11.5 Å². The third-order valence-electron chi connectivity index (χ3n) is 2.76. The minimum atomic E-state index is -2.78. The standard InChI is InChI=1S/C10H22N2O2S.ClH/c1-3-5-12(7-9(2)11)10-4-6-15(13,14)8-10;/h9-10H,3-8,11H2,1-2H3;1H. The van der Waals surface area contributed by atoms with E-state index in [4.69, 9.17) is 5.73 Å². The summed E-state index contributed by atoms with van der Waals surface area (Å²) in [6.07, 6.45) is 1.82. The molecule has 0 radical (unpaired) electrons. The first-order chi connectivity index (χ1) is 6.94. The Morgan fingerprint density at radius 1 is 1.50 bits per heavy atom. The second kappa shape index (κ2) is 6.79. The molecule has 98 valence electrons. The molecule has 1 saturated heterocycles. The fraction of sp³-hybridized carbons (Fsp3) is 1.00.